The molecule has 1 aliphatic carbocycles. The summed E-state index contributed by atoms with van der Waals surface area (Å²) in [5.74, 6) is 0.858. The molecule has 0 aromatic rings. The highest BCUT2D eigenvalue weighted by atomic mass is 16.5. The number of aliphatic imine (C=N–C) groups is 1. The summed E-state index contributed by atoms with van der Waals surface area (Å²) in [7, 11) is 3.49. The van der Waals surface area contributed by atoms with Gasteiger partial charge >= 0.3 is 0 Å². The van der Waals surface area contributed by atoms with Crippen LogP contribution in [-0.4, -0.2) is 65.2 Å². The number of nitrogens with zero attached hydrogens (tertiary/aromatic N) is 1. The minimum atomic E-state index is 0.134. The van der Waals surface area contributed by atoms with Gasteiger partial charge in [-0.2, -0.15) is 0 Å². The number of hydrogen-bond acceptors (Lipinski definition) is 4. The third-order valence-corrected chi connectivity index (χ3v) is 4.72. The zero-order valence-corrected chi connectivity index (χ0v) is 16.2. The van der Waals surface area contributed by atoms with Crippen LogP contribution in [0.5, 0.6) is 0 Å². The van der Waals surface area contributed by atoms with Crippen LogP contribution in [-0.2, 0) is 14.2 Å². The van der Waals surface area contributed by atoms with Gasteiger partial charge in [-0.25, -0.2) is 0 Å². The lowest BCUT2D eigenvalue weighted by Gasteiger charge is -2.52. The zero-order chi connectivity index (χ0) is 17.8. The van der Waals surface area contributed by atoms with Crippen LogP contribution >= 0.6 is 0 Å². The zero-order valence-electron chi connectivity index (χ0n) is 16.2. The van der Waals surface area contributed by atoms with E-state index in [0.29, 0.717) is 25.4 Å². The third-order valence-electron chi connectivity index (χ3n) is 4.72. The van der Waals surface area contributed by atoms with Crippen LogP contribution in [0.1, 0.15) is 46.5 Å². The minimum absolute atomic E-state index is 0.134. The number of unbranched alkanes of at least 4 members (excludes halogenated alkanes) is 1. The SMILES string of the molecule is CCCCOC1CC(NC(=NC)NCCCOCCOC)C1(C)C. The fourth-order valence-electron chi connectivity index (χ4n) is 2.77. The van der Waals surface area contributed by atoms with E-state index < -0.39 is 0 Å². The highest BCUT2D eigenvalue weighted by Crippen LogP contribution is 2.42. The summed E-state index contributed by atoms with van der Waals surface area (Å²) < 4.78 is 16.4. The van der Waals surface area contributed by atoms with E-state index in [0.717, 1.165) is 45.0 Å². The second kappa shape index (κ2) is 11.7. The van der Waals surface area contributed by atoms with Crippen molar-refractivity contribution in [3.05, 3.63) is 0 Å². The fraction of sp³-hybridized carbons (Fsp3) is 0.944. The lowest BCUT2D eigenvalue weighted by molar-refractivity contribution is -0.113. The van der Waals surface area contributed by atoms with E-state index in [1.54, 1.807) is 7.11 Å². The largest absolute Gasteiger partial charge is 0.382 e. The van der Waals surface area contributed by atoms with Crippen molar-refractivity contribution in [1.29, 1.82) is 0 Å². The molecule has 2 N–H and O–H groups in total. The highest BCUT2D eigenvalue weighted by Gasteiger charge is 2.49. The Morgan fingerprint density at radius 1 is 1.17 bits per heavy atom. The van der Waals surface area contributed by atoms with Gasteiger partial charge in [-0.15, -0.1) is 0 Å². The molecule has 2 unspecified atom stereocenters. The molecule has 1 rings (SSSR count). The van der Waals surface area contributed by atoms with Crippen LogP contribution < -0.4 is 10.6 Å². The lowest BCUT2D eigenvalue weighted by atomic mass is 9.64. The molecule has 6 heteroatoms. The highest BCUT2D eigenvalue weighted by molar-refractivity contribution is 5.80. The Morgan fingerprint density at radius 2 is 1.96 bits per heavy atom. The van der Waals surface area contributed by atoms with Gasteiger partial charge in [-0.3, -0.25) is 4.99 Å². The molecular formula is C18H37N3O3. The van der Waals surface area contributed by atoms with Crippen molar-refractivity contribution < 1.29 is 14.2 Å². The lowest BCUT2D eigenvalue weighted by Crippen LogP contribution is -2.63. The molecule has 2 atom stereocenters. The molecule has 0 spiro atoms. The van der Waals surface area contributed by atoms with Crippen molar-refractivity contribution in [2.24, 2.45) is 10.4 Å². The van der Waals surface area contributed by atoms with E-state index in [2.05, 4.69) is 36.4 Å². The summed E-state index contributed by atoms with van der Waals surface area (Å²) >= 11 is 0. The first-order valence-electron chi connectivity index (χ1n) is 9.21. The van der Waals surface area contributed by atoms with Crippen LogP contribution in [0.25, 0.3) is 0 Å². The Bertz CT molecular complexity index is 361. The number of hydrogen-bond donors (Lipinski definition) is 2. The number of ether oxygens (including phenoxy) is 3. The first-order chi connectivity index (χ1) is 11.6. The average Bonchev–Trinajstić information content (AvgIpc) is 2.57. The fourth-order valence-corrected chi connectivity index (χ4v) is 2.77. The number of rotatable bonds is 12. The van der Waals surface area contributed by atoms with Crippen LogP contribution in [0.15, 0.2) is 4.99 Å². The van der Waals surface area contributed by atoms with E-state index in [-0.39, 0.29) is 5.41 Å². The first-order valence-corrected chi connectivity index (χ1v) is 9.21. The minimum Gasteiger partial charge on any atom is -0.382 e. The normalized spacial score (nSPS) is 23.0. The number of nitrogens with one attached hydrogen (secondary N) is 2. The summed E-state index contributed by atoms with van der Waals surface area (Å²) in [6.07, 6.45) is 4.65. The number of guanidine groups is 1. The molecule has 1 fully saturated rings. The summed E-state index contributed by atoms with van der Waals surface area (Å²) in [6.45, 7) is 10.5. The Balaban J connectivity index is 2.19. The molecule has 0 amide bonds. The van der Waals surface area contributed by atoms with Gasteiger partial charge < -0.3 is 24.8 Å². The maximum absolute atomic E-state index is 6.00. The van der Waals surface area contributed by atoms with E-state index >= 15 is 0 Å². The van der Waals surface area contributed by atoms with Gasteiger partial charge in [0.15, 0.2) is 5.96 Å². The molecule has 0 heterocycles. The third kappa shape index (κ3) is 6.95. The molecule has 6 nitrogen and oxygen atoms in total. The van der Waals surface area contributed by atoms with E-state index in [1.165, 1.54) is 6.42 Å². The van der Waals surface area contributed by atoms with Crippen LogP contribution in [0.3, 0.4) is 0 Å². The van der Waals surface area contributed by atoms with Gasteiger partial charge in [-0.1, -0.05) is 27.2 Å². The van der Waals surface area contributed by atoms with Crippen molar-refractivity contribution in [3.63, 3.8) is 0 Å². The van der Waals surface area contributed by atoms with Gasteiger partial charge in [-0.05, 0) is 19.3 Å². The molecule has 0 aliphatic heterocycles. The van der Waals surface area contributed by atoms with Crippen molar-refractivity contribution in [1.82, 2.24) is 10.6 Å². The molecule has 24 heavy (non-hydrogen) atoms. The van der Waals surface area contributed by atoms with Gasteiger partial charge in [0.25, 0.3) is 0 Å². The van der Waals surface area contributed by atoms with Crippen molar-refractivity contribution in [2.75, 3.05) is 47.1 Å². The van der Waals surface area contributed by atoms with Gasteiger partial charge in [0.05, 0.1) is 19.3 Å². The van der Waals surface area contributed by atoms with Crippen LogP contribution in [0, 0.1) is 5.41 Å². The summed E-state index contributed by atoms with van der Waals surface area (Å²) in [6, 6.07) is 0.397. The van der Waals surface area contributed by atoms with Crippen molar-refractivity contribution >= 4 is 5.96 Å². The Morgan fingerprint density at radius 3 is 2.58 bits per heavy atom. The monoisotopic (exact) mass is 343 g/mol. The van der Waals surface area contributed by atoms with Crippen LogP contribution in [0.2, 0.25) is 0 Å². The molecule has 0 radical (unpaired) electrons. The summed E-state index contributed by atoms with van der Waals surface area (Å²) in [5.41, 5.74) is 0.134. The topological polar surface area (TPSA) is 64.1 Å². The van der Waals surface area contributed by atoms with Gasteiger partial charge in [0.1, 0.15) is 0 Å². The maximum atomic E-state index is 6.00. The van der Waals surface area contributed by atoms with E-state index in [4.69, 9.17) is 14.2 Å². The average molecular weight is 344 g/mol. The number of methoxy groups -OCH3 is 1. The molecular weight excluding hydrogens is 306 g/mol. The Labute approximate surface area is 147 Å². The molecule has 0 saturated heterocycles. The predicted molar refractivity (Wildman–Crippen MR) is 98.6 cm³/mol. The van der Waals surface area contributed by atoms with Crippen LogP contribution in [0.4, 0.5) is 0 Å². The molecule has 0 bridgehead atoms. The van der Waals surface area contributed by atoms with Crippen molar-refractivity contribution in [3.8, 4) is 0 Å². The quantitative estimate of drug-likeness (QED) is 0.323. The molecule has 0 aromatic carbocycles. The molecule has 1 aliphatic rings. The van der Waals surface area contributed by atoms with E-state index in [9.17, 15) is 0 Å². The standard InChI is InChI=1S/C18H37N3O3/c1-6-7-11-24-16-14-15(18(16,2)3)21-17(19-4)20-9-8-10-23-13-12-22-5/h15-16H,6-14H2,1-5H3,(H2,19,20,21). The molecule has 0 aromatic heterocycles. The van der Waals surface area contributed by atoms with E-state index in [1.807, 2.05) is 7.05 Å². The Hall–Kier alpha value is -0.850. The van der Waals surface area contributed by atoms with Gasteiger partial charge in [0, 0.05) is 45.4 Å². The van der Waals surface area contributed by atoms with Gasteiger partial charge in [0.2, 0.25) is 0 Å². The van der Waals surface area contributed by atoms with Crippen molar-refractivity contribution in [2.45, 2.75) is 58.6 Å². The smallest absolute Gasteiger partial charge is 0.191 e. The summed E-state index contributed by atoms with van der Waals surface area (Å²) in [4.78, 5) is 4.32. The summed E-state index contributed by atoms with van der Waals surface area (Å²) in [5, 5.41) is 6.87. The maximum Gasteiger partial charge on any atom is 0.191 e. The second-order valence-electron chi connectivity index (χ2n) is 6.92. The first kappa shape index (κ1) is 21.2. The molecule has 142 valence electrons. The molecule has 1 saturated carbocycles. The Kier molecular flexibility index (Phi) is 10.3. The predicted octanol–water partition coefficient (Wildman–Crippen LogP) is 2.19. The second-order valence-corrected chi connectivity index (χ2v) is 6.92.